The fraction of sp³-hybridized carbons (Fsp3) is 0.348. The van der Waals surface area contributed by atoms with Crippen LogP contribution >= 0.6 is 0 Å². The Kier molecular flexibility index (Phi) is 4.15. The molecule has 2 fully saturated rings. The molecule has 0 bridgehead atoms. The lowest BCUT2D eigenvalue weighted by Crippen LogP contribution is -2.53. The highest BCUT2D eigenvalue weighted by Gasteiger charge is 2.53. The highest BCUT2D eigenvalue weighted by molar-refractivity contribution is 5.91. The molecule has 1 saturated carbocycles. The molecule has 29 heavy (non-hydrogen) atoms. The molecule has 0 unspecified atom stereocenters. The third-order valence-electron chi connectivity index (χ3n) is 6.32. The van der Waals surface area contributed by atoms with Crippen molar-refractivity contribution in [3.05, 3.63) is 70.5 Å². The molecule has 0 radical (unpaired) electrons. The SMILES string of the molecule is Cn1c(=O)c(N2CCN(C(=O)C3(c4ccccc4)CC3)CC2)nc2ccccc21. The van der Waals surface area contributed by atoms with E-state index in [-0.39, 0.29) is 16.9 Å². The molecule has 6 heteroatoms. The van der Waals surface area contributed by atoms with E-state index in [1.54, 1.807) is 11.6 Å². The molecule has 5 rings (SSSR count). The number of hydrogen-bond donors (Lipinski definition) is 0. The van der Waals surface area contributed by atoms with Crippen LogP contribution in [0.4, 0.5) is 5.82 Å². The number of rotatable bonds is 3. The fourth-order valence-corrected chi connectivity index (χ4v) is 4.40. The zero-order valence-corrected chi connectivity index (χ0v) is 16.5. The predicted octanol–water partition coefficient (Wildman–Crippen LogP) is 2.31. The summed E-state index contributed by atoms with van der Waals surface area (Å²) in [7, 11) is 1.78. The minimum absolute atomic E-state index is 0.0913. The molecule has 2 aromatic carbocycles. The second-order valence-electron chi connectivity index (χ2n) is 8.02. The molecule has 0 atom stereocenters. The number of amides is 1. The van der Waals surface area contributed by atoms with Crippen molar-refractivity contribution in [1.29, 1.82) is 0 Å². The predicted molar refractivity (Wildman–Crippen MR) is 113 cm³/mol. The lowest BCUT2D eigenvalue weighted by molar-refractivity contribution is -0.134. The standard InChI is InChI=1S/C23H24N4O2/c1-25-19-10-6-5-9-18(19)24-20(21(25)28)26-13-15-27(16-14-26)22(29)23(11-12-23)17-7-3-2-4-8-17/h2-10H,11-16H2,1H3. The first-order valence-corrected chi connectivity index (χ1v) is 10.2. The molecule has 2 aliphatic rings. The molecule has 1 aliphatic carbocycles. The first kappa shape index (κ1) is 17.9. The van der Waals surface area contributed by atoms with Gasteiger partial charge in [0.15, 0.2) is 5.82 Å². The summed E-state index contributed by atoms with van der Waals surface area (Å²) < 4.78 is 1.66. The number of hydrogen-bond acceptors (Lipinski definition) is 4. The van der Waals surface area contributed by atoms with Crippen LogP contribution in [0.3, 0.4) is 0 Å². The summed E-state index contributed by atoms with van der Waals surface area (Å²) >= 11 is 0. The summed E-state index contributed by atoms with van der Waals surface area (Å²) in [6, 6.07) is 17.8. The maximum atomic E-state index is 13.2. The van der Waals surface area contributed by atoms with Gasteiger partial charge in [-0.2, -0.15) is 0 Å². The van der Waals surface area contributed by atoms with E-state index in [0.29, 0.717) is 32.0 Å². The van der Waals surface area contributed by atoms with Crippen molar-refractivity contribution in [2.24, 2.45) is 7.05 Å². The lowest BCUT2D eigenvalue weighted by Gasteiger charge is -2.37. The van der Waals surface area contributed by atoms with Gasteiger partial charge in [-0.05, 0) is 30.5 Å². The fourth-order valence-electron chi connectivity index (χ4n) is 4.40. The van der Waals surface area contributed by atoms with E-state index < -0.39 is 0 Å². The van der Waals surface area contributed by atoms with Crippen molar-refractivity contribution in [3.63, 3.8) is 0 Å². The normalized spacial score (nSPS) is 18.1. The van der Waals surface area contributed by atoms with Crippen molar-refractivity contribution < 1.29 is 4.79 Å². The third kappa shape index (κ3) is 2.90. The molecule has 1 aromatic heterocycles. The number of aromatic nitrogens is 2. The Bertz CT molecular complexity index is 1130. The average Bonchev–Trinajstić information content (AvgIpc) is 3.59. The van der Waals surface area contributed by atoms with Gasteiger partial charge < -0.3 is 14.4 Å². The van der Waals surface area contributed by atoms with Crippen molar-refractivity contribution in [3.8, 4) is 0 Å². The number of fused-ring (bicyclic) bond motifs is 1. The molecule has 6 nitrogen and oxygen atoms in total. The van der Waals surface area contributed by atoms with Gasteiger partial charge in [0.25, 0.3) is 5.56 Å². The van der Waals surface area contributed by atoms with E-state index in [0.717, 1.165) is 29.4 Å². The van der Waals surface area contributed by atoms with Gasteiger partial charge in [-0.25, -0.2) is 4.98 Å². The first-order valence-electron chi connectivity index (χ1n) is 10.2. The largest absolute Gasteiger partial charge is 0.348 e. The minimum Gasteiger partial charge on any atom is -0.348 e. The minimum atomic E-state index is -0.333. The summed E-state index contributed by atoms with van der Waals surface area (Å²) in [5.41, 5.74) is 2.34. The quantitative estimate of drug-likeness (QED) is 0.691. The molecule has 3 aromatic rings. The molecular formula is C23H24N4O2. The van der Waals surface area contributed by atoms with Gasteiger partial charge in [-0.3, -0.25) is 9.59 Å². The second-order valence-corrected chi connectivity index (χ2v) is 8.02. The van der Waals surface area contributed by atoms with Gasteiger partial charge in [-0.1, -0.05) is 42.5 Å². The smallest absolute Gasteiger partial charge is 0.293 e. The van der Waals surface area contributed by atoms with Crippen LogP contribution in [0.15, 0.2) is 59.4 Å². The summed E-state index contributed by atoms with van der Waals surface area (Å²) in [5, 5.41) is 0. The molecule has 148 valence electrons. The monoisotopic (exact) mass is 388 g/mol. The summed E-state index contributed by atoms with van der Waals surface area (Å²) in [6.45, 7) is 2.48. The number of carbonyl (C=O) groups is 1. The topological polar surface area (TPSA) is 58.4 Å². The van der Waals surface area contributed by atoms with E-state index in [4.69, 9.17) is 0 Å². The molecule has 1 amide bonds. The Labute approximate surface area is 169 Å². The van der Waals surface area contributed by atoms with Crippen LogP contribution in [-0.2, 0) is 17.3 Å². The van der Waals surface area contributed by atoms with Gasteiger partial charge in [0, 0.05) is 33.2 Å². The zero-order valence-electron chi connectivity index (χ0n) is 16.5. The summed E-state index contributed by atoms with van der Waals surface area (Å²) in [5.74, 6) is 0.699. The lowest BCUT2D eigenvalue weighted by atomic mass is 9.94. The van der Waals surface area contributed by atoms with E-state index in [1.165, 1.54) is 0 Å². The number of benzene rings is 2. The van der Waals surface area contributed by atoms with Crippen molar-refractivity contribution in [2.75, 3.05) is 31.1 Å². The average molecular weight is 388 g/mol. The van der Waals surface area contributed by atoms with Gasteiger partial charge in [0.05, 0.1) is 16.4 Å². The Morgan fingerprint density at radius 2 is 1.59 bits per heavy atom. The maximum absolute atomic E-state index is 13.2. The second kappa shape index (κ2) is 6.72. The number of carbonyl (C=O) groups excluding carboxylic acids is 1. The maximum Gasteiger partial charge on any atom is 0.293 e. The molecule has 0 spiro atoms. The van der Waals surface area contributed by atoms with E-state index in [9.17, 15) is 9.59 Å². The van der Waals surface area contributed by atoms with Gasteiger partial charge >= 0.3 is 0 Å². The molecule has 1 saturated heterocycles. The van der Waals surface area contributed by atoms with Gasteiger partial charge in [0.2, 0.25) is 5.91 Å². The highest BCUT2D eigenvalue weighted by Crippen LogP contribution is 2.49. The number of aryl methyl sites for hydroxylation is 1. The Balaban J connectivity index is 1.35. The van der Waals surface area contributed by atoms with Gasteiger partial charge in [-0.15, -0.1) is 0 Å². The van der Waals surface area contributed by atoms with E-state index >= 15 is 0 Å². The van der Waals surface area contributed by atoms with Crippen LogP contribution in [0, 0.1) is 0 Å². The van der Waals surface area contributed by atoms with Crippen molar-refractivity contribution >= 4 is 22.8 Å². The summed E-state index contributed by atoms with van der Waals surface area (Å²) in [6.07, 6.45) is 1.84. The van der Waals surface area contributed by atoms with Crippen LogP contribution in [0.5, 0.6) is 0 Å². The molecule has 0 N–H and O–H groups in total. The number of para-hydroxylation sites is 2. The Morgan fingerprint density at radius 3 is 2.28 bits per heavy atom. The van der Waals surface area contributed by atoms with E-state index in [2.05, 4.69) is 17.1 Å². The van der Waals surface area contributed by atoms with Crippen LogP contribution in [0.25, 0.3) is 11.0 Å². The van der Waals surface area contributed by atoms with Crippen molar-refractivity contribution in [1.82, 2.24) is 14.5 Å². The zero-order chi connectivity index (χ0) is 20.0. The Hall–Kier alpha value is -3.15. The van der Waals surface area contributed by atoms with Crippen molar-refractivity contribution in [2.45, 2.75) is 18.3 Å². The number of nitrogens with zero attached hydrogens (tertiary/aromatic N) is 4. The van der Waals surface area contributed by atoms with Crippen LogP contribution in [-0.4, -0.2) is 46.5 Å². The molecule has 1 aliphatic heterocycles. The van der Waals surface area contributed by atoms with Crippen LogP contribution in [0.1, 0.15) is 18.4 Å². The molecule has 2 heterocycles. The third-order valence-corrected chi connectivity index (χ3v) is 6.32. The number of piperazine rings is 1. The molecular weight excluding hydrogens is 364 g/mol. The number of anilines is 1. The van der Waals surface area contributed by atoms with E-state index in [1.807, 2.05) is 52.3 Å². The van der Waals surface area contributed by atoms with Crippen LogP contribution < -0.4 is 10.5 Å². The van der Waals surface area contributed by atoms with Gasteiger partial charge in [0.1, 0.15) is 0 Å². The first-order chi connectivity index (χ1) is 14.1. The highest BCUT2D eigenvalue weighted by atomic mass is 16.2. The van der Waals surface area contributed by atoms with Crippen LogP contribution in [0.2, 0.25) is 0 Å². The Morgan fingerprint density at radius 1 is 0.931 bits per heavy atom. The summed E-state index contributed by atoms with van der Waals surface area (Å²) in [4.78, 5) is 34.7.